The molecule has 4 aromatic rings. The fourth-order valence-corrected chi connectivity index (χ4v) is 2.30. The van der Waals surface area contributed by atoms with Crippen molar-refractivity contribution in [3.63, 3.8) is 0 Å². The van der Waals surface area contributed by atoms with E-state index in [0.29, 0.717) is 18.0 Å². The van der Waals surface area contributed by atoms with Crippen LogP contribution >= 0.6 is 0 Å². The van der Waals surface area contributed by atoms with Crippen LogP contribution in [0, 0.1) is 0 Å². The Hall–Kier alpha value is -3.29. The summed E-state index contributed by atoms with van der Waals surface area (Å²) in [5, 5.41) is 20.2. The summed E-state index contributed by atoms with van der Waals surface area (Å²) in [6.45, 7) is 0.539. The van der Waals surface area contributed by atoms with Gasteiger partial charge in [-0.1, -0.05) is 30.3 Å². The molecule has 0 bridgehead atoms. The lowest BCUT2D eigenvalue weighted by Crippen LogP contribution is -2.09. The number of rotatable bonds is 4. The Bertz CT molecular complexity index is 940. The first kappa shape index (κ1) is 13.4. The van der Waals surface area contributed by atoms with E-state index in [2.05, 4.69) is 30.7 Å². The van der Waals surface area contributed by atoms with Crippen LogP contribution in [0.3, 0.4) is 0 Å². The standard InChI is InChI=1S/C15H14N8/c1-22-14(17-10-18-22)9-16-12-7-8-13-19-20-15(23(13)21-12)11-5-3-2-4-6-11/h2-8,10H,9H2,1H3,(H,16,21). The molecule has 0 aliphatic carbocycles. The van der Waals surface area contributed by atoms with E-state index in [-0.39, 0.29) is 0 Å². The molecule has 23 heavy (non-hydrogen) atoms. The number of nitrogens with one attached hydrogen (secondary N) is 1. The van der Waals surface area contributed by atoms with Gasteiger partial charge in [0, 0.05) is 12.6 Å². The van der Waals surface area contributed by atoms with Crippen molar-refractivity contribution in [3.05, 3.63) is 54.6 Å². The van der Waals surface area contributed by atoms with Crippen LogP contribution in [0.25, 0.3) is 17.0 Å². The van der Waals surface area contributed by atoms with Crippen LogP contribution in [0.2, 0.25) is 0 Å². The van der Waals surface area contributed by atoms with Crippen molar-refractivity contribution in [1.29, 1.82) is 0 Å². The number of fused-ring (bicyclic) bond motifs is 1. The lowest BCUT2D eigenvalue weighted by atomic mass is 10.2. The van der Waals surface area contributed by atoms with Gasteiger partial charge in [-0.3, -0.25) is 4.68 Å². The molecule has 0 spiro atoms. The summed E-state index contributed by atoms with van der Waals surface area (Å²) in [4.78, 5) is 4.18. The molecule has 0 aliphatic rings. The number of nitrogens with zero attached hydrogens (tertiary/aromatic N) is 7. The summed E-state index contributed by atoms with van der Waals surface area (Å²) >= 11 is 0. The number of hydrogen-bond donors (Lipinski definition) is 1. The van der Waals surface area contributed by atoms with Crippen LogP contribution in [0.5, 0.6) is 0 Å². The van der Waals surface area contributed by atoms with E-state index in [9.17, 15) is 0 Å². The number of anilines is 1. The highest BCUT2D eigenvalue weighted by Crippen LogP contribution is 2.18. The average Bonchev–Trinajstić information content (AvgIpc) is 3.19. The molecule has 0 fully saturated rings. The van der Waals surface area contributed by atoms with Gasteiger partial charge in [0.2, 0.25) is 0 Å². The average molecular weight is 306 g/mol. The SMILES string of the molecule is Cn1ncnc1CNc1ccc2nnc(-c3ccccc3)n2n1. The van der Waals surface area contributed by atoms with E-state index in [4.69, 9.17) is 0 Å². The maximum atomic E-state index is 4.56. The van der Waals surface area contributed by atoms with E-state index in [0.717, 1.165) is 17.2 Å². The highest BCUT2D eigenvalue weighted by molar-refractivity contribution is 5.59. The van der Waals surface area contributed by atoms with Crippen LogP contribution in [0.4, 0.5) is 5.82 Å². The van der Waals surface area contributed by atoms with Crippen molar-refractivity contribution in [3.8, 4) is 11.4 Å². The molecular weight excluding hydrogens is 292 g/mol. The first-order chi connectivity index (χ1) is 11.3. The van der Waals surface area contributed by atoms with Crippen molar-refractivity contribution in [2.45, 2.75) is 6.54 Å². The Morgan fingerprint density at radius 1 is 1.04 bits per heavy atom. The highest BCUT2D eigenvalue weighted by atomic mass is 15.4. The first-order valence-electron chi connectivity index (χ1n) is 7.16. The molecule has 0 aliphatic heterocycles. The molecule has 8 nitrogen and oxygen atoms in total. The summed E-state index contributed by atoms with van der Waals surface area (Å²) in [5.74, 6) is 2.26. The Kier molecular flexibility index (Phi) is 3.19. The highest BCUT2D eigenvalue weighted by Gasteiger charge is 2.10. The summed E-state index contributed by atoms with van der Waals surface area (Å²) in [6.07, 6.45) is 1.53. The van der Waals surface area contributed by atoms with Gasteiger partial charge >= 0.3 is 0 Å². The van der Waals surface area contributed by atoms with E-state index in [1.54, 1.807) is 9.20 Å². The van der Waals surface area contributed by atoms with Crippen LogP contribution in [0.1, 0.15) is 5.82 Å². The minimum Gasteiger partial charge on any atom is -0.361 e. The van der Waals surface area contributed by atoms with Gasteiger partial charge in [-0.05, 0) is 12.1 Å². The van der Waals surface area contributed by atoms with Crippen LogP contribution in [0.15, 0.2) is 48.8 Å². The lowest BCUT2D eigenvalue weighted by Gasteiger charge is -2.06. The van der Waals surface area contributed by atoms with Crippen molar-refractivity contribution in [2.24, 2.45) is 7.05 Å². The molecule has 8 heteroatoms. The summed E-state index contributed by atoms with van der Waals surface area (Å²) in [6, 6.07) is 13.6. The topological polar surface area (TPSA) is 85.8 Å². The largest absolute Gasteiger partial charge is 0.361 e. The lowest BCUT2D eigenvalue weighted by molar-refractivity contribution is 0.710. The fourth-order valence-electron chi connectivity index (χ4n) is 2.30. The molecule has 0 radical (unpaired) electrons. The zero-order valence-electron chi connectivity index (χ0n) is 12.5. The van der Waals surface area contributed by atoms with Crippen molar-refractivity contribution in [2.75, 3.05) is 5.32 Å². The Balaban J connectivity index is 1.66. The van der Waals surface area contributed by atoms with Gasteiger partial charge in [-0.15, -0.1) is 15.3 Å². The summed E-state index contributed by atoms with van der Waals surface area (Å²) in [5.41, 5.74) is 1.67. The normalized spacial score (nSPS) is 11.0. The van der Waals surface area contributed by atoms with Crippen molar-refractivity contribution < 1.29 is 0 Å². The molecule has 3 aromatic heterocycles. The van der Waals surface area contributed by atoms with Gasteiger partial charge in [0.15, 0.2) is 11.5 Å². The molecule has 114 valence electrons. The molecule has 0 unspecified atom stereocenters. The first-order valence-corrected chi connectivity index (χ1v) is 7.16. The van der Waals surface area contributed by atoms with Gasteiger partial charge in [0.1, 0.15) is 18.0 Å². The second kappa shape index (κ2) is 5.48. The second-order valence-electron chi connectivity index (χ2n) is 5.03. The van der Waals surface area contributed by atoms with E-state index in [1.165, 1.54) is 6.33 Å². The second-order valence-corrected chi connectivity index (χ2v) is 5.03. The Labute approximate surface area is 131 Å². The maximum absolute atomic E-state index is 4.56. The summed E-state index contributed by atoms with van der Waals surface area (Å²) < 4.78 is 3.45. The van der Waals surface area contributed by atoms with Gasteiger partial charge in [-0.25, -0.2) is 4.98 Å². The molecule has 1 N–H and O–H groups in total. The predicted molar refractivity (Wildman–Crippen MR) is 84.5 cm³/mol. The van der Waals surface area contributed by atoms with Crippen LogP contribution in [-0.2, 0) is 13.6 Å². The molecule has 1 aromatic carbocycles. The van der Waals surface area contributed by atoms with Crippen molar-refractivity contribution >= 4 is 11.5 Å². The van der Waals surface area contributed by atoms with Crippen LogP contribution < -0.4 is 5.32 Å². The van der Waals surface area contributed by atoms with Gasteiger partial charge in [-0.2, -0.15) is 9.61 Å². The number of aryl methyl sites for hydroxylation is 1. The van der Waals surface area contributed by atoms with E-state index >= 15 is 0 Å². The molecule has 0 saturated carbocycles. The molecule has 4 rings (SSSR count). The third-order valence-corrected chi connectivity index (χ3v) is 3.53. The Morgan fingerprint density at radius 3 is 2.70 bits per heavy atom. The maximum Gasteiger partial charge on any atom is 0.185 e. The van der Waals surface area contributed by atoms with Gasteiger partial charge in [0.05, 0.1) is 6.54 Å². The third kappa shape index (κ3) is 2.50. The molecule has 0 amide bonds. The molecule has 0 atom stereocenters. The third-order valence-electron chi connectivity index (χ3n) is 3.53. The van der Waals surface area contributed by atoms with Crippen molar-refractivity contribution in [1.82, 2.24) is 34.6 Å². The quantitative estimate of drug-likeness (QED) is 0.615. The minimum absolute atomic E-state index is 0.539. The summed E-state index contributed by atoms with van der Waals surface area (Å²) in [7, 11) is 1.86. The van der Waals surface area contributed by atoms with E-state index in [1.807, 2.05) is 49.5 Å². The number of aromatic nitrogens is 7. The Morgan fingerprint density at radius 2 is 1.91 bits per heavy atom. The van der Waals surface area contributed by atoms with E-state index < -0.39 is 0 Å². The predicted octanol–water partition coefficient (Wildman–Crippen LogP) is 1.53. The minimum atomic E-state index is 0.539. The van der Waals surface area contributed by atoms with Gasteiger partial charge < -0.3 is 5.32 Å². The monoisotopic (exact) mass is 306 g/mol. The van der Waals surface area contributed by atoms with Crippen LogP contribution in [-0.4, -0.2) is 34.6 Å². The molecular formula is C15H14N8. The molecule has 3 heterocycles. The number of hydrogen-bond acceptors (Lipinski definition) is 6. The molecule has 0 saturated heterocycles. The number of benzene rings is 1. The zero-order valence-corrected chi connectivity index (χ0v) is 12.5. The zero-order chi connectivity index (χ0) is 15.6. The smallest absolute Gasteiger partial charge is 0.185 e. The van der Waals surface area contributed by atoms with Gasteiger partial charge in [0.25, 0.3) is 0 Å². The fraction of sp³-hybridized carbons (Fsp3) is 0.133.